The third-order valence-corrected chi connectivity index (χ3v) is 9.65. The molecule has 0 aliphatic heterocycles. The number of allylic oxidation sites excluding steroid dienone is 4. The first kappa shape index (κ1) is 39.9. The van der Waals surface area contributed by atoms with Gasteiger partial charge in [-0.15, -0.1) is 22.7 Å². The number of pyridine rings is 1. The van der Waals surface area contributed by atoms with Crippen molar-refractivity contribution in [2.75, 3.05) is 38.9 Å². The summed E-state index contributed by atoms with van der Waals surface area (Å²) in [7, 11) is 1.90. The Labute approximate surface area is 321 Å². The monoisotopic (exact) mass is 768 g/mol. The molecule has 3 heterocycles. The Hall–Kier alpha value is -5.27. The number of hydrogen-bond donors (Lipinski definition) is 3. The van der Waals surface area contributed by atoms with Gasteiger partial charge < -0.3 is 25.0 Å². The van der Waals surface area contributed by atoms with Crippen LogP contribution in [0.5, 0.6) is 11.5 Å². The Kier molecular flexibility index (Phi) is 15.4. The zero-order valence-electron chi connectivity index (χ0n) is 29.9. The summed E-state index contributed by atoms with van der Waals surface area (Å²) in [5.41, 5.74) is 6.10. The normalized spacial score (nSPS) is 12.9. The van der Waals surface area contributed by atoms with E-state index >= 15 is 0 Å². The fourth-order valence-electron chi connectivity index (χ4n) is 4.76. The number of rotatable bonds is 16. The van der Waals surface area contributed by atoms with Crippen molar-refractivity contribution in [3.8, 4) is 11.5 Å². The number of thiazole rings is 2. The summed E-state index contributed by atoms with van der Waals surface area (Å²) >= 11 is 3.09. The molecule has 6 rings (SSSR count). The average Bonchev–Trinajstić information content (AvgIpc) is 3.82. The van der Waals surface area contributed by atoms with E-state index in [4.69, 9.17) is 9.47 Å². The molecule has 54 heavy (non-hydrogen) atoms. The summed E-state index contributed by atoms with van der Waals surface area (Å²) in [6.45, 7) is 0.330. The van der Waals surface area contributed by atoms with Gasteiger partial charge in [0.1, 0.15) is 60.3 Å². The van der Waals surface area contributed by atoms with Crippen molar-refractivity contribution in [3.05, 3.63) is 130 Å². The van der Waals surface area contributed by atoms with Crippen molar-refractivity contribution in [2.24, 2.45) is 0 Å². The van der Waals surface area contributed by atoms with Crippen LogP contribution in [-0.2, 0) is 6.42 Å². The SMILES string of the molecule is CCc1ccc(/C=C/C=C/c2nc3ccc(OCC(O)CF)cc3s2)cn1.CNc1ccc(/C=C/C=C/c2nc3ccc(OCC(O)CF)cc3s2)cc1. The maximum absolute atomic E-state index is 12.3. The van der Waals surface area contributed by atoms with E-state index in [0.717, 1.165) is 59.4 Å². The Morgan fingerprint density at radius 1 is 0.685 bits per heavy atom. The molecule has 0 saturated carbocycles. The van der Waals surface area contributed by atoms with Crippen molar-refractivity contribution in [1.29, 1.82) is 0 Å². The number of halogens is 2. The molecule has 0 amide bonds. The highest BCUT2D eigenvalue weighted by molar-refractivity contribution is 7.19. The number of ether oxygens (including phenoxy) is 2. The summed E-state index contributed by atoms with van der Waals surface area (Å²) in [5, 5.41) is 23.3. The van der Waals surface area contributed by atoms with Gasteiger partial charge in [-0.25, -0.2) is 18.7 Å². The summed E-state index contributed by atoms with van der Waals surface area (Å²) in [6, 6.07) is 23.2. The number of anilines is 1. The average molecular weight is 769 g/mol. The molecule has 3 N–H and O–H groups in total. The van der Waals surface area contributed by atoms with E-state index in [-0.39, 0.29) is 13.2 Å². The van der Waals surface area contributed by atoms with Gasteiger partial charge in [0.15, 0.2) is 0 Å². The highest BCUT2D eigenvalue weighted by Crippen LogP contribution is 2.28. The number of fused-ring (bicyclic) bond motifs is 2. The summed E-state index contributed by atoms with van der Waals surface area (Å²) in [5.74, 6) is 1.19. The molecule has 2 unspecified atom stereocenters. The van der Waals surface area contributed by atoms with Crippen LogP contribution in [0.3, 0.4) is 0 Å². The van der Waals surface area contributed by atoms with Crippen LogP contribution >= 0.6 is 22.7 Å². The predicted molar refractivity (Wildman–Crippen MR) is 220 cm³/mol. The molecule has 3 aromatic heterocycles. The van der Waals surface area contributed by atoms with Gasteiger partial charge in [-0.1, -0.05) is 61.6 Å². The third-order valence-electron chi connectivity index (χ3n) is 7.68. The number of aromatic nitrogens is 3. The van der Waals surface area contributed by atoms with Crippen LogP contribution in [-0.4, -0.2) is 71.0 Å². The molecule has 0 bridgehead atoms. The molecule has 6 aromatic rings. The van der Waals surface area contributed by atoms with Crippen LogP contribution in [0, 0.1) is 0 Å². The highest BCUT2D eigenvalue weighted by Gasteiger charge is 2.08. The Morgan fingerprint density at radius 3 is 1.65 bits per heavy atom. The smallest absolute Gasteiger partial charge is 0.121 e. The highest BCUT2D eigenvalue weighted by atomic mass is 32.1. The fourth-order valence-corrected chi connectivity index (χ4v) is 6.57. The minimum Gasteiger partial charge on any atom is -0.491 e. The predicted octanol–water partition coefficient (Wildman–Crippen LogP) is 9.46. The zero-order chi connectivity index (χ0) is 38.1. The lowest BCUT2D eigenvalue weighted by atomic mass is 10.2. The van der Waals surface area contributed by atoms with Crippen LogP contribution in [0.2, 0.25) is 0 Å². The Balaban J connectivity index is 0.000000208. The van der Waals surface area contributed by atoms with E-state index in [9.17, 15) is 19.0 Å². The van der Waals surface area contributed by atoms with Crippen LogP contribution in [0.15, 0.2) is 103 Å². The summed E-state index contributed by atoms with van der Waals surface area (Å²) in [4.78, 5) is 13.5. The minimum atomic E-state index is -1.10. The fraction of sp³-hybridized carbons (Fsp3) is 0.214. The van der Waals surface area contributed by atoms with Gasteiger partial charge in [0.2, 0.25) is 0 Å². The lowest BCUT2D eigenvalue weighted by Crippen LogP contribution is -2.19. The van der Waals surface area contributed by atoms with Crippen LogP contribution in [0.4, 0.5) is 14.5 Å². The van der Waals surface area contributed by atoms with Crippen LogP contribution < -0.4 is 14.8 Å². The van der Waals surface area contributed by atoms with Gasteiger partial charge in [-0.05, 0) is 84.3 Å². The van der Waals surface area contributed by atoms with Gasteiger partial charge in [-0.3, -0.25) is 4.98 Å². The van der Waals surface area contributed by atoms with E-state index in [0.29, 0.717) is 11.5 Å². The molecule has 0 fully saturated rings. The number of hydrogen-bond acceptors (Lipinski definition) is 10. The van der Waals surface area contributed by atoms with Crippen molar-refractivity contribution in [2.45, 2.75) is 25.6 Å². The second kappa shape index (κ2) is 20.8. The Bertz CT molecular complexity index is 2030. The minimum absolute atomic E-state index is 0.0618. The van der Waals surface area contributed by atoms with E-state index in [2.05, 4.69) is 45.4 Å². The molecule has 0 radical (unpaired) electrons. The molecular weight excluding hydrogens is 727 g/mol. The number of nitrogens with zero attached hydrogens (tertiary/aromatic N) is 3. The molecule has 0 aliphatic rings. The Morgan fingerprint density at radius 2 is 1.19 bits per heavy atom. The first-order valence-corrected chi connectivity index (χ1v) is 19.0. The molecule has 2 atom stereocenters. The van der Waals surface area contributed by atoms with Gasteiger partial charge in [-0.2, -0.15) is 0 Å². The maximum atomic E-state index is 12.3. The maximum Gasteiger partial charge on any atom is 0.121 e. The zero-order valence-corrected chi connectivity index (χ0v) is 31.6. The van der Waals surface area contributed by atoms with Gasteiger partial charge >= 0.3 is 0 Å². The molecular formula is C42H42F2N4O4S2. The van der Waals surface area contributed by atoms with Gasteiger partial charge in [0.05, 0.1) is 20.4 Å². The number of aliphatic hydroxyl groups is 2. The summed E-state index contributed by atoms with van der Waals surface area (Å²) in [6.07, 6.45) is 16.4. The topological polar surface area (TPSA) is 110 Å². The van der Waals surface area contributed by atoms with E-state index in [1.54, 1.807) is 34.8 Å². The molecule has 0 aliphatic carbocycles. The van der Waals surface area contributed by atoms with Crippen LogP contribution in [0.25, 0.3) is 44.7 Å². The van der Waals surface area contributed by atoms with Crippen molar-refractivity contribution >= 4 is 73.1 Å². The number of alkyl halides is 2. The first-order valence-electron chi connectivity index (χ1n) is 17.3. The molecule has 3 aromatic carbocycles. The quantitative estimate of drug-likeness (QED) is 0.0836. The molecule has 0 spiro atoms. The van der Waals surface area contributed by atoms with Crippen molar-refractivity contribution < 1.29 is 28.5 Å². The van der Waals surface area contributed by atoms with Gasteiger partial charge in [0.25, 0.3) is 0 Å². The first-order chi connectivity index (χ1) is 26.3. The largest absolute Gasteiger partial charge is 0.491 e. The lowest BCUT2D eigenvalue weighted by Gasteiger charge is -2.08. The number of benzene rings is 3. The summed E-state index contributed by atoms with van der Waals surface area (Å²) < 4.78 is 37.3. The van der Waals surface area contributed by atoms with Crippen molar-refractivity contribution in [3.63, 3.8) is 0 Å². The molecule has 12 heteroatoms. The standard InChI is InChI=1S/2C21H21FN2O2S/c1-23-16-8-6-15(7-9-16)4-2-3-5-21-24-19-11-10-18(12-20(19)27-21)26-14-17(25)13-22;1-2-16-8-7-15(13-23-16)5-3-4-6-21-24-19-10-9-18(11-20(19)27-21)26-14-17(25)12-22/h2-12,17,23,25H,13-14H2,1H3;3-11,13,17,25H,2,12,14H2,1H3/b4-2+,5-3+;5-3+,6-4+. The van der Waals surface area contributed by atoms with Crippen molar-refractivity contribution in [1.82, 2.24) is 15.0 Å². The molecule has 8 nitrogen and oxygen atoms in total. The van der Waals surface area contributed by atoms with E-state index < -0.39 is 25.6 Å². The number of nitrogens with one attached hydrogen (secondary N) is 1. The lowest BCUT2D eigenvalue weighted by molar-refractivity contribution is 0.0842. The number of aliphatic hydroxyl groups excluding tert-OH is 2. The van der Waals surface area contributed by atoms with Gasteiger partial charge in [0, 0.05) is 24.6 Å². The second-order valence-electron chi connectivity index (χ2n) is 11.8. The molecule has 0 saturated heterocycles. The molecule has 280 valence electrons. The number of aryl methyl sites for hydroxylation is 1. The van der Waals surface area contributed by atoms with Crippen LogP contribution in [0.1, 0.15) is 33.8 Å². The van der Waals surface area contributed by atoms with E-state index in [1.165, 1.54) is 0 Å². The third kappa shape index (κ3) is 12.4. The second-order valence-corrected chi connectivity index (χ2v) is 14.0. The van der Waals surface area contributed by atoms with E-state index in [1.807, 2.05) is 104 Å².